The first-order chi connectivity index (χ1) is 14.2. The second kappa shape index (κ2) is 8.22. The molecule has 1 aliphatic carbocycles. The second-order valence-corrected chi connectivity index (χ2v) is 10.5. The minimum absolute atomic E-state index is 0.338. The first kappa shape index (κ1) is 21.2. The molecule has 1 saturated heterocycles. The maximum absolute atomic E-state index is 11.4. The van der Waals surface area contributed by atoms with E-state index in [0.717, 1.165) is 51.1 Å². The minimum atomic E-state index is -0.664. The fourth-order valence-electron chi connectivity index (χ4n) is 4.80. The SMILES string of the molecule is CC1(C)CCC(Oc2ccc3cc(CN4CCC(C)(C(=O)O)CC4)ccc3c2)CC1. The number of carboxylic acids is 1. The summed E-state index contributed by atoms with van der Waals surface area (Å²) in [6, 6.07) is 13.1. The summed E-state index contributed by atoms with van der Waals surface area (Å²) in [4.78, 5) is 13.8. The smallest absolute Gasteiger partial charge is 0.309 e. The lowest BCUT2D eigenvalue weighted by atomic mass is 9.76. The Kier molecular flexibility index (Phi) is 5.80. The Morgan fingerprint density at radius 2 is 1.63 bits per heavy atom. The van der Waals surface area contributed by atoms with Crippen LogP contribution in [0, 0.1) is 10.8 Å². The number of nitrogens with zero attached hydrogens (tertiary/aromatic N) is 1. The molecule has 1 saturated carbocycles. The quantitative estimate of drug-likeness (QED) is 0.670. The van der Waals surface area contributed by atoms with Crippen molar-refractivity contribution in [2.24, 2.45) is 10.8 Å². The van der Waals surface area contributed by atoms with Crippen molar-refractivity contribution < 1.29 is 14.6 Å². The number of hydrogen-bond donors (Lipinski definition) is 1. The van der Waals surface area contributed by atoms with E-state index in [2.05, 4.69) is 55.1 Å². The van der Waals surface area contributed by atoms with E-state index in [4.69, 9.17) is 4.74 Å². The molecule has 0 bridgehead atoms. The average molecular weight is 410 g/mol. The van der Waals surface area contributed by atoms with Gasteiger partial charge >= 0.3 is 5.97 Å². The molecule has 0 unspecified atom stereocenters. The average Bonchev–Trinajstić information content (AvgIpc) is 2.71. The highest BCUT2D eigenvalue weighted by atomic mass is 16.5. The summed E-state index contributed by atoms with van der Waals surface area (Å²) in [5.41, 5.74) is 1.18. The summed E-state index contributed by atoms with van der Waals surface area (Å²) < 4.78 is 6.29. The number of aliphatic carboxylic acids is 1. The Morgan fingerprint density at radius 1 is 1.00 bits per heavy atom. The molecule has 2 aromatic rings. The summed E-state index contributed by atoms with van der Waals surface area (Å²) in [5.74, 6) is 0.312. The summed E-state index contributed by atoms with van der Waals surface area (Å²) in [5, 5.41) is 11.9. The zero-order valence-electron chi connectivity index (χ0n) is 18.6. The molecule has 2 fully saturated rings. The van der Waals surface area contributed by atoms with Gasteiger partial charge in [-0.3, -0.25) is 9.69 Å². The van der Waals surface area contributed by atoms with Crippen LogP contribution in [0.25, 0.3) is 10.8 Å². The highest BCUT2D eigenvalue weighted by Crippen LogP contribution is 2.37. The lowest BCUT2D eigenvalue weighted by Crippen LogP contribution is -2.42. The van der Waals surface area contributed by atoms with Crippen LogP contribution < -0.4 is 4.74 Å². The van der Waals surface area contributed by atoms with Crippen molar-refractivity contribution in [2.45, 2.75) is 71.9 Å². The molecule has 162 valence electrons. The third-order valence-corrected chi connectivity index (χ3v) is 7.35. The molecule has 0 radical (unpaired) electrons. The lowest BCUT2D eigenvalue weighted by molar-refractivity contribution is -0.150. The van der Waals surface area contributed by atoms with Gasteiger partial charge in [-0.2, -0.15) is 0 Å². The zero-order valence-corrected chi connectivity index (χ0v) is 18.6. The van der Waals surface area contributed by atoms with Crippen molar-refractivity contribution in [1.82, 2.24) is 4.90 Å². The molecule has 1 aliphatic heterocycles. The number of carbonyl (C=O) groups is 1. The van der Waals surface area contributed by atoms with Crippen LogP contribution in [-0.4, -0.2) is 35.2 Å². The zero-order chi connectivity index (χ0) is 21.4. The highest BCUT2D eigenvalue weighted by molar-refractivity contribution is 5.84. The van der Waals surface area contributed by atoms with Gasteiger partial charge in [-0.05, 0) is 98.5 Å². The van der Waals surface area contributed by atoms with Gasteiger partial charge in [0.2, 0.25) is 0 Å². The summed E-state index contributed by atoms with van der Waals surface area (Å²) in [6.07, 6.45) is 6.52. The number of benzene rings is 2. The Hall–Kier alpha value is -2.07. The van der Waals surface area contributed by atoms with Crippen molar-refractivity contribution in [3.05, 3.63) is 42.0 Å². The van der Waals surface area contributed by atoms with E-state index < -0.39 is 11.4 Å². The molecule has 2 aliphatic rings. The third kappa shape index (κ3) is 4.80. The maximum atomic E-state index is 11.4. The third-order valence-electron chi connectivity index (χ3n) is 7.35. The number of ether oxygens (including phenoxy) is 1. The predicted octanol–water partition coefficient (Wildman–Crippen LogP) is 5.87. The molecule has 4 nitrogen and oxygen atoms in total. The van der Waals surface area contributed by atoms with Gasteiger partial charge in [0.25, 0.3) is 0 Å². The van der Waals surface area contributed by atoms with Gasteiger partial charge in [-0.15, -0.1) is 0 Å². The van der Waals surface area contributed by atoms with Crippen molar-refractivity contribution in [3.63, 3.8) is 0 Å². The number of rotatable bonds is 5. The molecule has 0 amide bonds. The van der Waals surface area contributed by atoms with Gasteiger partial charge in [0.15, 0.2) is 0 Å². The maximum Gasteiger partial charge on any atom is 0.309 e. The molecule has 2 aromatic carbocycles. The lowest BCUT2D eigenvalue weighted by Gasteiger charge is -2.36. The van der Waals surface area contributed by atoms with Gasteiger partial charge in [-0.25, -0.2) is 0 Å². The van der Waals surface area contributed by atoms with E-state index in [-0.39, 0.29) is 0 Å². The van der Waals surface area contributed by atoms with Gasteiger partial charge in [0.1, 0.15) is 5.75 Å². The molecule has 4 rings (SSSR count). The number of piperidine rings is 1. The molecule has 1 heterocycles. The number of fused-ring (bicyclic) bond motifs is 1. The molecule has 30 heavy (non-hydrogen) atoms. The van der Waals surface area contributed by atoms with Crippen LogP contribution in [-0.2, 0) is 11.3 Å². The molecule has 0 spiro atoms. The van der Waals surface area contributed by atoms with E-state index in [1.165, 1.54) is 29.2 Å². The van der Waals surface area contributed by atoms with Crippen molar-refractivity contribution in [2.75, 3.05) is 13.1 Å². The number of hydrogen-bond acceptors (Lipinski definition) is 3. The van der Waals surface area contributed by atoms with Gasteiger partial charge in [0, 0.05) is 6.54 Å². The van der Waals surface area contributed by atoms with Gasteiger partial charge < -0.3 is 9.84 Å². The summed E-state index contributed by atoms with van der Waals surface area (Å²) >= 11 is 0. The van der Waals surface area contributed by atoms with Gasteiger partial charge in [-0.1, -0.05) is 32.0 Å². The summed E-state index contributed by atoms with van der Waals surface area (Å²) in [6.45, 7) is 9.13. The van der Waals surface area contributed by atoms with Crippen LogP contribution >= 0.6 is 0 Å². The predicted molar refractivity (Wildman–Crippen MR) is 121 cm³/mol. The largest absolute Gasteiger partial charge is 0.490 e. The minimum Gasteiger partial charge on any atom is -0.490 e. The van der Waals surface area contributed by atoms with Crippen LogP contribution in [0.15, 0.2) is 36.4 Å². The fraction of sp³-hybridized carbons (Fsp3) is 0.577. The highest BCUT2D eigenvalue weighted by Gasteiger charge is 2.36. The first-order valence-corrected chi connectivity index (χ1v) is 11.4. The Bertz CT molecular complexity index is 902. The van der Waals surface area contributed by atoms with E-state index in [9.17, 15) is 9.90 Å². The molecule has 4 heteroatoms. The van der Waals surface area contributed by atoms with Gasteiger partial charge in [0.05, 0.1) is 11.5 Å². The van der Waals surface area contributed by atoms with Crippen molar-refractivity contribution >= 4 is 16.7 Å². The standard InChI is InChI=1S/C26H35NO3/c1-25(2)10-8-22(9-11-25)30-23-7-6-20-16-19(4-5-21(20)17-23)18-27-14-12-26(3,13-15-27)24(28)29/h4-7,16-17,22H,8-15,18H2,1-3H3,(H,28,29). The second-order valence-electron chi connectivity index (χ2n) is 10.5. The monoisotopic (exact) mass is 409 g/mol. The van der Waals surface area contributed by atoms with E-state index >= 15 is 0 Å². The molecular weight excluding hydrogens is 374 g/mol. The van der Waals surface area contributed by atoms with Crippen LogP contribution in [0.5, 0.6) is 5.75 Å². The van der Waals surface area contributed by atoms with E-state index in [1.54, 1.807) is 0 Å². The van der Waals surface area contributed by atoms with E-state index in [1.807, 2.05) is 6.92 Å². The fourth-order valence-corrected chi connectivity index (χ4v) is 4.80. The van der Waals surface area contributed by atoms with Crippen LogP contribution in [0.3, 0.4) is 0 Å². The Labute approximate surface area is 180 Å². The topological polar surface area (TPSA) is 49.8 Å². The van der Waals surface area contributed by atoms with E-state index in [0.29, 0.717) is 11.5 Å². The molecule has 0 atom stereocenters. The number of likely N-dealkylation sites (tertiary alicyclic amines) is 1. The first-order valence-electron chi connectivity index (χ1n) is 11.4. The Balaban J connectivity index is 1.37. The molecule has 1 N–H and O–H groups in total. The molecule has 0 aromatic heterocycles. The van der Waals surface area contributed by atoms with Crippen LogP contribution in [0.1, 0.15) is 64.9 Å². The van der Waals surface area contributed by atoms with Crippen molar-refractivity contribution in [3.8, 4) is 5.75 Å². The number of carboxylic acid groups (broad SMARTS) is 1. The normalized spacial score (nSPS) is 22.1. The van der Waals surface area contributed by atoms with Crippen LogP contribution in [0.2, 0.25) is 0 Å². The van der Waals surface area contributed by atoms with Crippen LogP contribution in [0.4, 0.5) is 0 Å². The Morgan fingerprint density at radius 3 is 2.30 bits per heavy atom. The molecular formula is C26H35NO3. The summed E-state index contributed by atoms with van der Waals surface area (Å²) in [7, 11) is 0. The van der Waals surface area contributed by atoms with Crippen molar-refractivity contribution in [1.29, 1.82) is 0 Å².